The Morgan fingerprint density at radius 3 is 2.15 bits per heavy atom. The zero-order chi connectivity index (χ0) is 10.1. The van der Waals surface area contributed by atoms with Crippen molar-refractivity contribution in [1.29, 1.82) is 0 Å². The third-order valence-corrected chi connectivity index (χ3v) is 4.49. The fourth-order valence-electron chi connectivity index (χ4n) is 1.55. The second kappa shape index (κ2) is 3.38. The second-order valence-electron chi connectivity index (χ2n) is 3.65. The van der Waals surface area contributed by atoms with Gasteiger partial charge in [0.05, 0.1) is 23.5 Å². The van der Waals surface area contributed by atoms with Crippen molar-refractivity contribution in [2.75, 3.05) is 18.1 Å². The molecule has 1 rings (SSSR count). The first-order valence-corrected chi connectivity index (χ1v) is 6.06. The molecular formula is C8H14O4S. The van der Waals surface area contributed by atoms with Gasteiger partial charge in [-0.1, -0.05) is 0 Å². The van der Waals surface area contributed by atoms with E-state index in [9.17, 15) is 13.2 Å². The molecule has 0 radical (unpaired) electrons. The Balaban J connectivity index is 2.81. The average molecular weight is 206 g/mol. The van der Waals surface area contributed by atoms with Crippen LogP contribution in [0.1, 0.15) is 19.8 Å². The van der Waals surface area contributed by atoms with E-state index >= 15 is 0 Å². The molecule has 0 amide bonds. The van der Waals surface area contributed by atoms with E-state index in [1.54, 1.807) is 0 Å². The highest BCUT2D eigenvalue weighted by atomic mass is 32.2. The van der Waals surface area contributed by atoms with Gasteiger partial charge in [0.25, 0.3) is 0 Å². The minimum Gasteiger partial charge on any atom is -0.395 e. The van der Waals surface area contributed by atoms with Gasteiger partial charge in [0.1, 0.15) is 15.6 Å². The monoisotopic (exact) mass is 206 g/mol. The van der Waals surface area contributed by atoms with Crippen LogP contribution in [0.3, 0.4) is 0 Å². The molecule has 0 spiro atoms. The maximum Gasteiger partial charge on any atom is 0.150 e. The predicted octanol–water partition coefficient (Wildman–Crippen LogP) is -0.237. The standard InChI is InChI=1S/C8H14O4S/c1-7(10)8(6-9)2-4-13(11,12)5-3-8/h9H,2-6H2,1H3. The molecule has 5 heteroatoms. The summed E-state index contributed by atoms with van der Waals surface area (Å²) in [7, 11) is -2.96. The van der Waals surface area contributed by atoms with Crippen molar-refractivity contribution in [3.05, 3.63) is 0 Å². The van der Waals surface area contributed by atoms with E-state index < -0.39 is 15.3 Å². The van der Waals surface area contributed by atoms with Gasteiger partial charge in [0.2, 0.25) is 0 Å². The molecule has 0 saturated carbocycles. The number of carbonyl (C=O) groups is 1. The Hall–Kier alpha value is -0.420. The minimum absolute atomic E-state index is 0.0210. The summed E-state index contributed by atoms with van der Waals surface area (Å²) in [6, 6.07) is 0. The summed E-state index contributed by atoms with van der Waals surface area (Å²) < 4.78 is 22.2. The fraction of sp³-hybridized carbons (Fsp3) is 0.875. The molecule has 0 aromatic rings. The number of rotatable bonds is 2. The molecule has 1 heterocycles. The Bertz CT molecular complexity index is 290. The molecule has 0 aliphatic carbocycles. The lowest BCUT2D eigenvalue weighted by Crippen LogP contribution is -2.41. The lowest BCUT2D eigenvalue weighted by Gasteiger charge is -2.32. The summed E-state index contributed by atoms with van der Waals surface area (Å²) >= 11 is 0. The van der Waals surface area contributed by atoms with Crippen LogP contribution in [-0.2, 0) is 14.6 Å². The van der Waals surface area contributed by atoms with Crippen molar-refractivity contribution in [1.82, 2.24) is 0 Å². The number of hydrogen-bond acceptors (Lipinski definition) is 4. The number of aliphatic hydroxyl groups excluding tert-OH is 1. The number of Topliss-reactive ketones (excluding diaryl/α,β-unsaturated/α-hetero) is 1. The molecule has 1 aliphatic heterocycles. The van der Waals surface area contributed by atoms with Crippen LogP contribution in [0.25, 0.3) is 0 Å². The van der Waals surface area contributed by atoms with E-state index in [1.165, 1.54) is 6.92 Å². The topological polar surface area (TPSA) is 71.4 Å². The number of hydrogen-bond donors (Lipinski definition) is 1. The molecule has 1 N–H and O–H groups in total. The predicted molar refractivity (Wildman–Crippen MR) is 48.1 cm³/mol. The highest BCUT2D eigenvalue weighted by molar-refractivity contribution is 7.91. The average Bonchev–Trinajstić information content (AvgIpc) is 2.05. The summed E-state index contributed by atoms with van der Waals surface area (Å²) in [6.07, 6.45) is 0.530. The van der Waals surface area contributed by atoms with E-state index in [4.69, 9.17) is 5.11 Å². The minimum atomic E-state index is -2.96. The van der Waals surface area contributed by atoms with Crippen molar-refractivity contribution in [2.24, 2.45) is 5.41 Å². The van der Waals surface area contributed by atoms with Gasteiger partial charge >= 0.3 is 0 Å². The lowest BCUT2D eigenvalue weighted by atomic mass is 9.79. The van der Waals surface area contributed by atoms with Crippen LogP contribution >= 0.6 is 0 Å². The SMILES string of the molecule is CC(=O)C1(CO)CCS(=O)(=O)CC1. The van der Waals surface area contributed by atoms with Crippen molar-refractivity contribution >= 4 is 15.6 Å². The lowest BCUT2D eigenvalue weighted by molar-refractivity contribution is -0.129. The van der Waals surface area contributed by atoms with Gasteiger partial charge in [-0.15, -0.1) is 0 Å². The molecule has 13 heavy (non-hydrogen) atoms. The Morgan fingerprint density at radius 2 is 1.85 bits per heavy atom. The molecular weight excluding hydrogens is 192 g/mol. The van der Waals surface area contributed by atoms with Gasteiger partial charge in [-0.25, -0.2) is 8.42 Å². The quantitative estimate of drug-likeness (QED) is 0.677. The Labute approximate surface area is 77.9 Å². The van der Waals surface area contributed by atoms with Gasteiger partial charge < -0.3 is 5.11 Å². The van der Waals surface area contributed by atoms with E-state index in [-0.39, 0.29) is 36.7 Å². The Kier molecular flexibility index (Phi) is 2.77. The second-order valence-corrected chi connectivity index (χ2v) is 5.95. The number of aliphatic hydroxyl groups is 1. The van der Waals surface area contributed by atoms with E-state index in [2.05, 4.69) is 0 Å². The highest BCUT2D eigenvalue weighted by Crippen LogP contribution is 2.32. The van der Waals surface area contributed by atoms with Gasteiger partial charge in [0, 0.05) is 0 Å². The van der Waals surface area contributed by atoms with Crippen LogP contribution in [-0.4, -0.2) is 37.4 Å². The van der Waals surface area contributed by atoms with Gasteiger partial charge in [-0.2, -0.15) is 0 Å². The van der Waals surface area contributed by atoms with Crippen LogP contribution in [0.4, 0.5) is 0 Å². The van der Waals surface area contributed by atoms with Crippen molar-refractivity contribution < 1.29 is 18.3 Å². The molecule has 0 aromatic heterocycles. The van der Waals surface area contributed by atoms with Gasteiger partial charge in [-0.3, -0.25) is 4.79 Å². The largest absolute Gasteiger partial charge is 0.395 e. The fourth-order valence-corrected chi connectivity index (χ4v) is 3.16. The summed E-state index contributed by atoms with van der Waals surface area (Å²) in [5, 5.41) is 9.07. The molecule has 0 bridgehead atoms. The Morgan fingerprint density at radius 1 is 1.38 bits per heavy atom. The van der Waals surface area contributed by atoms with E-state index in [0.29, 0.717) is 0 Å². The van der Waals surface area contributed by atoms with Crippen molar-refractivity contribution in [3.63, 3.8) is 0 Å². The van der Waals surface area contributed by atoms with Crippen LogP contribution in [0.15, 0.2) is 0 Å². The van der Waals surface area contributed by atoms with Gasteiger partial charge in [0.15, 0.2) is 0 Å². The first-order valence-electron chi connectivity index (χ1n) is 4.24. The van der Waals surface area contributed by atoms with Crippen molar-refractivity contribution in [3.8, 4) is 0 Å². The third-order valence-electron chi connectivity index (χ3n) is 2.83. The highest BCUT2D eigenvalue weighted by Gasteiger charge is 2.40. The normalized spacial score (nSPS) is 25.4. The molecule has 0 atom stereocenters. The number of sulfone groups is 1. The van der Waals surface area contributed by atoms with Crippen LogP contribution in [0.5, 0.6) is 0 Å². The van der Waals surface area contributed by atoms with Gasteiger partial charge in [-0.05, 0) is 19.8 Å². The maximum absolute atomic E-state index is 11.2. The van der Waals surface area contributed by atoms with Crippen LogP contribution in [0, 0.1) is 5.41 Å². The first-order chi connectivity index (χ1) is 5.92. The zero-order valence-electron chi connectivity index (χ0n) is 7.62. The summed E-state index contributed by atoms with van der Waals surface area (Å²) in [6.45, 7) is 1.17. The molecule has 1 saturated heterocycles. The summed E-state index contributed by atoms with van der Waals surface area (Å²) in [5.41, 5.74) is -0.786. The molecule has 1 aliphatic rings. The number of carbonyl (C=O) groups excluding carboxylic acids is 1. The van der Waals surface area contributed by atoms with Crippen LogP contribution in [0.2, 0.25) is 0 Å². The first kappa shape index (κ1) is 10.7. The summed E-state index contributed by atoms with van der Waals surface area (Å²) in [5.74, 6) is -0.0646. The third kappa shape index (κ3) is 2.08. The summed E-state index contributed by atoms with van der Waals surface area (Å²) in [4.78, 5) is 11.2. The van der Waals surface area contributed by atoms with Crippen molar-refractivity contribution in [2.45, 2.75) is 19.8 Å². The van der Waals surface area contributed by atoms with Crippen LogP contribution < -0.4 is 0 Å². The number of ketones is 1. The van der Waals surface area contributed by atoms with E-state index in [0.717, 1.165) is 0 Å². The molecule has 76 valence electrons. The zero-order valence-corrected chi connectivity index (χ0v) is 8.43. The molecule has 0 unspecified atom stereocenters. The molecule has 0 aromatic carbocycles. The molecule has 1 fully saturated rings. The maximum atomic E-state index is 11.2. The smallest absolute Gasteiger partial charge is 0.150 e. The molecule has 4 nitrogen and oxygen atoms in total. The van der Waals surface area contributed by atoms with E-state index in [1.807, 2.05) is 0 Å².